The van der Waals surface area contributed by atoms with Crippen molar-refractivity contribution in [2.75, 3.05) is 0 Å². The maximum Gasteiger partial charge on any atom is 0.380 e. The summed E-state index contributed by atoms with van der Waals surface area (Å²) in [6.45, 7) is 1.65. The fourth-order valence-corrected chi connectivity index (χ4v) is 1.64. The van der Waals surface area contributed by atoms with Gasteiger partial charge in [-0.2, -0.15) is 0 Å². The molecule has 1 aromatic heterocycles. The predicted molar refractivity (Wildman–Crippen MR) is 68.1 cm³/mol. The maximum absolute atomic E-state index is 11.8. The van der Waals surface area contributed by atoms with Crippen LogP contribution in [0.15, 0.2) is 29.1 Å². The molecule has 0 aliphatic carbocycles. The minimum Gasteiger partial charge on any atom is -0.326 e. The van der Waals surface area contributed by atoms with Crippen molar-refractivity contribution < 1.29 is 9.63 Å². The molecule has 2 N–H and O–H groups in total. The first-order valence-corrected chi connectivity index (χ1v) is 5.67. The van der Waals surface area contributed by atoms with Gasteiger partial charge in [0.2, 0.25) is 0 Å². The summed E-state index contributed by atoms with van der Waals surface area (Å²) >= 11 is 0. The van der Waals surface area contributed by atoms with Gasteiger partial charge in [0.25, 0.3) is 0 Å². The lowest BCUT2D eigenvalue weighted by molar-refractivity contribution is -0.143. The SMILES string of the molecule is CC(=O)On1nc(-c2ccc(CN)cc2)n(C)c1=O. The Morgan fingerprint density at radius 1 is 1.37 bits per heavy atom. The third-order valence-corrected chi connectivity index (χ3v) is 2.62. The highest BCUT2D eigenvalue weighted by Gasteiger charge is 2.14. The van der Waals surface area contributed by atoms with E-state index in [4.69, 9.17) is 5.73 Å². The van der Waals surface area contributed by atoms with Gasteiger partial charge in [0.05, 0.1) is 0 Å². The van der Waals surface area contributed by atoms with E-state index >= 15 is 0 Å². The average molecular weight is 262 g/mol. The molecule has 0 saturated carbocycles. The number of hydrogen-bond acceptors (Lipinski definition) is 5. The van der Waals surface area contributed by atoms with E-state index in [1.165, 1.54) is 11.5 Å². The van der Waals surface area contributed by atoms with E-state index in [2.05, 4.69) is 9.94 Å². The second-order valence-corrected chi connectivity index (χ2v) is 4.02. The monoisotopic (exact) mass is 262 g/mol. The summed E-state index contributed by atoms with van der Waals surface area (Å²) in [4.78, 5) is 28.0. The molecule has 0 bridgehead atoms. The molecule has 0 radical (unpaired) electrons. The number of nitrogens with two attached hydrogens (primary N) is 1. The van der Waals surface area contributed by atoms with Gasteiger partial charge in [-0.25, -0.2) is 9.59 Å². The second-order valence-electron chi connectivity index (χ2n) is 4.02. The summed E-state index contributed by atoms with van der Waals surface area (Å²) in [5.41, 5.74) is 6.72. The molecule has 0 fully saturated rings. The van der Waals surface area contributed by atoms with Crippen LogP contribution < -0.4 is 16.3 Å². The van der Waals surface area contributed by atoms with E-state index in [1.54, 1.807) is 7.05 Å². The first kappa shape index (κ1) is 13.0. The van der Waals surface area contributed by atoms with Crippen LogP contribution in [0.2, 0.25) is 0 Å². The summed E-state index contributed by atoms with van der Waals surface area (Å²) in [6, 6.07) is 7.32. The lowest BCUT2D eigenvalue weighted by atomic mass is 10.1. The molecular formula is C12H14N4O3. The molecule has 1 heterocycles. The predicted octanol–water partition coefficient (Wildman–Crippen LogP) is -0.317. The Balaban J connectivity index is 2.44. The molecule has 0 spiro atoms. The quantitative estimate of drug-likeness (QED) is 0.818. The van der Waals surface area contributed by atoms with Crippen LogP contribution in [0, 0.1) is 0 Å². The lowest BCUT2D eigenvalue weighted by Crippen LogP contribution is -2.31. The van der Waals surface area contributed by atoms with Gasteiger partial charge >= 0.3 is 11.7 Å². The van der Waals surface area contributed by atoms with Crippen LogP contribution in [-0.4, -0.2) is 20.5 Å². The molecule has 19 heavy (non-hydrogen) atoms. The fraction of sp³-hybridized carbons (Fsp3) is 0.250. The molecule has 2 aromatic rings. The molecule has 0 saturated heterocycles. The summed E-state index contributed by atoms with van der Waals surface area (Å²) < 4.78 is 1.31. The van der Waals surface area contributed by atoms with Crippen LogP contribution in [0.4, 0.5) is 0 Å². The van der Waals surface area contributed by atoms with Crippen molar-refractivity contribution in [2.24, 2.45) is 12.8 Å². The zero-order valence-electron chi connectivity index (χ0n) is 10.7. The first-order chi connectivity index (χ1) is 9.02. The molecule has 0 aliphatic rings. The fourth-order valence-electron chi connectivity index (χ4n) is 1.64. The van der Waals surface area contributed by atoms with Crippen LogP contribution in [0.1, 0.15) is 12.5 Å². The number of aromatic nitrogens is 3. The molecule has 1 aromatic carbocycles. The highest BCUT2D eigenvalue weighted by atomic mass is 16.7. The summed E-state index contributed by atoms with van der Waals surface area (Å²) in [5.74, 6) is -0.194. The first-order valence-electron chi connectivity index (χ1n) is 5.67. The highest BCUT2D eigenvalue weighted by Crippen LogP contribution is 2.15. The zero-order chi connectivity index (χ0) is 14.0. The van der Waals surface area contributed by atoms with Crippen molar-refractivity contribution in [3.63, 3.8) is 0 Å². The standard InChI is InChI=1S/C12H14N4O3/c1-8(17)19-16-12(18)15(2)11(14-16)10-5-3-9(7-13)4-6-10/h3-6H,7,13H2,1-2H3. The van der Waals surface area contributed by atoms with E-state index in [1.807, 2.05) is 24.3 Å². The van der Waals surface area contributed by atoms with Crippen LogP contribution in [0.25, 0.3) is 11.4 Å². The van der Waals surface area contributed by atoms with Crippen molar-refractivity contribution >= 4 is 5.97 Å². The minimum absolute atomic E-state index is 0.412. The number of nitrogens with zero attached hydrogens (tertiary/aromatic N) is 3. The average Bonchev–Trinajstić information content (AvgIpc) is 2.67. The van der Waals surface area contributed by atoms with Crippen molar-refractivity contribution in [1.29, 1.82) is 0 Å². The molecule has 0 aliphatic heterocycles. The largest absolute Gasteiger partial charge is 0.380 e. The van der Waals surface area contributed by atoms with E-state index in [9.17, 15) is 9.59 Å². The van der Waals surface area contributed by atoms with E-state index in [0.29, 0.717) is 17.2 Å². The molecule has 7 nitrogen and oxygen atoms in total. The second kappa shape index (κ2) is 5.07. The molecule has 2 rings (SSSR count). The van der Waals surface area contributed by atoms with Crippen molar-refractivity contribution in [2.45, 2.75) is 13.5 Å². The molecule has 7 heteroatoms. The summed E-state index contributed by atoms with van der Waals surface area (Å²) in [5, 5.41) is 3.97. The van der Waals surface area contributed by atoms with Gasteiger partial charge in [0.15, 0.2) is 5.82 Å². The molecule has 0 unspecified atom stereocenters. The lowest BCUT2D eigenvalue weighted by Gasteiger charge is -2.00. The molecule has 0 amide bonds. The number of carbonyl (C=O) groups excluding carboxylic acids is 1. The summed E-state index contributed by atoms with van der Waals surface area (Å²) in [6.07, 6.45) is 0. The smallest absolute Gasteiger partial charge is 0.326 e. The number of rotatable bonds is 3. The Kier molecular flexibility index (Phi) is 3.48. The van der Waals surface area contributed by atoms with Gasteiger partial charge in [-0.1, -0.05) is 24.3 Å². The normalized spacial score (nSPS) is 10.5. The van der Waals surface area contributed by atoms with Gasteiger partial charge in [-0.05, 0) is 10.4 Å². The number of hydrogen-bond donors (Lipinski definition) is 1. The van der Waals surface area contributed by atoms with Gasteiger partial charge < -0.3 is 10.6 Å². The Morgan fingerprint density at radius 2 is 2.00 bits per heavy atom. The maximum atomic E-state index is 11.8. The number of benzene rings is 1. The minimum atomic E-state index is -0.606. The third-order valence-electron chi connectivity index (χ3n) is 2.62. The van der Waals surface area contributed by atoms with Gasteiger partial charge in [0.1, 0.15) is 0 Å². The highest BCUT2D eigenvalue weighted by molar-refractivity contribution is 5.66. The zero-order valence-corrected chi connectivity index (χ0v) is 10.7. The molecule has 100 valence electrons. The van der Waals surface area contributed by atoms with Gasteiger partial charge in [-0.15, -0.1) is 5.10 Å². The molecule has 0 atom stereocenters. The van der Waals surface area contributed by atoms with E-state index < -0.39 is 11.7 Å². The van der Waals surface area contributed by atoms with E-state index in [0.717, 1.165) is 11.1 Å². The van der Waals surface area contributed by atoms with E-state index in [-0.39, 0.29) is 0 Å². The third kappa shape index (κ3) is 2.55. The topological polar surface area (TPSA) is 92.1 Å². The Morgan fingerprint density at radius 3 is 2.53 bits per heavy atom. The Labute approximate surface area is 109 Å². The van der Waals surface area contributed by atoms with Crippen LogP contribution in [0.5, 0.6) is 0 Å². The van der Waals surface area contributed by atoms with Gasteiger partial charge in [0, 0.05) is 26.1 Å². The van der Waals surface area contributed by atoms with Crippen LogP contribution in [0.3, 0.4) is 0 Å². The number of carbonyl (C=O) groups is 1. The Hall–Kier alpha value is -2.41. The van der Waals surface area contributed by atoms with Crippen LogP contribution >= 0.6 is 0 Å². The summed E-state index contributed by atoms with van der Waals surface area (Å²) in [7, 11) is 1.56. The molecular weight excluding hydrogens is 248 g/mol. The van der Waals surface area contributed by atoms with Crippen molar-refractivity contribution in [1.82, 2.24) is 14.5 Å². The van der Waals surface area contributed by atoms with Crippen molar-refractivity contribution in [3.05, 3.63) is 40.3 Å². The van der Waals surface area contributed by atoms with Gasteiger partial charge in [-0.3, -0.25) is 4.57 Å². The Bertz CT molecular complexity index is 655. The van der Waals surface area contributed by atoms with Crippen LogP contribution in [-0.2, 0) is 18.4 Å². The van der Waals surface area contributed by atoms with Crippen molar-refractivity contribution in [3.8, 4) is 11.4 Å².